The van der Waals surface area contributed by atoms with E-state index in [1.807, 2.05) is 67.3 Å². The fourth-order valence-corrected chi connectivity index (χ4v) is 5.36. The Morgan fingerprint density at radius 1 is 0.744 bits per heavy atom. The SMILES string of the molecule is Cc1nc(C)c(C(=O)N2CCN(c3ccccc3C#N)CC2)nc1CN1CCN(c2ccccc2C#N)CC1. The van der Waals surface area contributed by atoms with Crippen LogP contribution >= 0.6 is 0 Å². The molecule has 39 heavy (non-hydrogen) atoms. The minimum atomic E-state index is -0.0904. The highest BCUT2D eigenvalue weighted by atomic mass is 16.2. The number of carbonyl (C=O) groups is 1. The molecule has 0 bridgehead atoms. The van der Waals surface area contributed by atoms with Gasteiger partial charge in [-0.25, -0.2) is 4.98 Å². The monoisotopic (exact) mass is 520 g/mol. The van der Waals surface area contributed by atoms with Crippen LogP contribution in [0.4, 0.5) is 11.4 Å². The first kappa shape index (κ1) is 26.1. The number of amides is 1. The van der Waals surface area contributed by atoms with Gasteiger partial charge in [-0.1, -0.05) is 24.3 Å². The highest BCUT2D eigenvalue weighted by Crippen LogP contribution is 2.23. The number of para-hydroxylation sites is 2. The van der Waals surface area contributed by atoms with E-state index >= 15 is 0 Å². The number of rotatable bonds is 5. The number of aryl methyl sites for hydroxylation is 2. The maximum absolute atomic E-state index is 13.5. The van der Waals surface area contributed by atoms with Crippen LogP contribution in [0.2, 0.25) is 0 Å². The van der Waals surface area contributed by atoms with Gasteiger partial charge in [-0.3, -0.25) is 14.7 Å². The van der Waals surface area contributed by atoms with Gasteiger partial charge in [0.05, 0.1) is 39.6 Å². The van der Waals surface area contributed by atoms with Crippen LogP contribution in [0.1, 0.15) is 38.7 Å². The molecule has 1 amide bonds. The van der Waals surface area contributed by atoms with Gasteiger partial charge < -0.3 is 14.7 Å². The van der Waals surface area contributed by atoms with Crippen molar-refractivity contribution in [3.8, 4) is 12.1 Å². The van der Waals surface area contributed by atoms with Crippen LogP contribution in [-0.4, -0.2) is 78.0 Å². The maximum Gasteiger partial charge on any atom is 0.274 e. The number of nitriles is 2. The van der Waals surface area contributed by atoms with Crippen molar-refractivity contribution >= 4 is 17.3 Å². The average molecular weight is 521 g/mol. The van der Waals surface area contributed by atoms with E-state index in [4.69, 9.17) is 9.97 Å². The van der Waals surface area contributed by atoms with E-state index in [-0.39, 0.29) is 5.91 Å². The fourth-order valence-electron chi connectivity index (χ4n) is 5.36. The molecule has 2 aromatic carbocycles. The molecule has 3 aromatic rings. The number of hydrogen-bond donors (Lipinski definition) is 0. The predicted molar refractivity (Wildman–Crippen MR) is 149 cm³/mol. The smallest absolute Gasteiger partial charge is 0.274 e. The molecule has 2 aliphatic heterocycles. The summed E-state index contributed by atoms with van der Waals surface area (Å²) in [6, 6.07) is 19.9. The summed E-state index contributed by atoms with van der Waals surface area (Å²) in [4.78, 5) is 31.6. The summed E-state index contributed by atoms with van der Waals surface area (Å²) in [5.41, 5.74) is 5.99. The lowest BCUT2D eigenvalue weighted by Gasteiger charge is -2.37. The van der Waals surface area contributed by atoms with E-state index in [1.165, 1.54) is 0 Å². The van der Waals surface area contributed by atoms with Crippen molar-refractivity contribution in [3.63, 3.8) is 0 Å². The van der Waals surface area contributed by atoms with Crippen molar-refractivity contribution in [1.29, 1.82) is 10.5 Å². The Morgan fingerprint density at radius 2 is 1.26 bits per heavy atom. The quantitative estimate of drug-likeness (QED) is 0.506. The number of anilines is 2. The van der Waals surface area contributed by atoms with E-state index < -0.39 is 0 Å². The fraction of sp³-hybridized carbons (Fsp3) is 0.367. The second kappa shape index (κ2) is 11.5. The Labute approximate surface area is 229 Å². The molecular weight excluding hydrogens is 488 g/mol. The maximum atomic E-state index is 13.5. The highest BCUT2D eigenvalue weighted by molar-refractivity contribution is 5.93. The third kappa shape index (κ3) is 5.55. The molecule has 198 valence electrons. The van der Waals surface area contributed by atoms with Crippen molar-refractivity contribution < 1.29 is 4.79 Å². The second-order valence-corrected chi connectivity index (χ2v) is 9.99. The Hall–Kier alpha value is -4.47. The molecule has 2 fully saturated rings. The number of nitrogens with zero attached hydrogens (tertiary/aromatic N) is 8. The summed E-state index contributed by atoms with van der Waals surface area (Å²) < 4.78 is 0. The van der Waals surface area contributed by atoms with Crippen LogP contribution in [0.5, 0.6) is 0 Å². The van der Waals surface area contributed by atoms with Gasteiger partial charge >= 0.3 is 0 Å². The Balaban J connectivity index is 1.23. The molecule has 0 atom stereocenters. The van der Waals surface area contributed by atoms with Crippen molar-refractivity contribution in [2.24, 2.45) is 0 Å². The third-order valence-corrected chi connectivity index (χ3v) is 7.59. The highest BCUT2D eigenvalue weighted by Gasteiger charge is 2.27. The molecule has 0 aliphatic carbocycles. The molecule has 2 aliphatic rings. The number of benzene rings is 2. The van der Waals surface area contributed by atoms with Gasteiger partial charge in [0.1, 0.15) is 17.8 Å². The lowest BCUT2D eigenvalue weighted by molar-refractivity contribution is 0.0738. The first-order valence-corrected chi connectivity index (χ1v) is 13.3. The van der Waals surface area contributed by atoms with Gasteiger partial charge in [0.25, 0.3) is 5.91 Å². The molecule has 9 nitrogen and oxygen atoms in total. The molecule has 9 heteroatoms. The number of aromatic nitrogens is 2. The molecule has 0 unspecified atom stereocenters. The molecule has 0 saturated carbocycles. The van der Waals surface area contributed by atoms with E-state index in [9.17, 15) is 15.3 Å². The van der Waals surface area contributed by atoms with E-state index in [1.54, 1.807) is 0 Å². The standard InChI is InChI=1S/C30H32N8O/c1-22-26(21-35-11-13-36(14-12-35)27-9-5-3-7-24(27)19-31)34-29(23(2)33-22)30(39)38-17-15-37(16-18-38)28-10-6-4-8-25(28)20-32/h3-10H,11-18,21H2,1-2H3. The summed E-state index contributed by atoms with van der Waals surface area (Å²) in [5.74, 6) is -0.0904. The van der Waals surface area contributed by atoms with Crippen LogP contribution in [-0.2, 0) is 6.54 Å². The van der Waals surface area contributed by atoms with Crippen LogP contribution in [0.25, 0.3) is 0 Å². The van der Waals surface area contributed by atoms with Gasteiger partial charge in [-0.15, -0.1) is 0 Å². The summed E-state index contributed by atoms with van der Waals surface area (Å²) in [5, 5.41) is 18.9. The van der Waals surface area contributed by atoms with Crippen molar-refractivity contribution in [1.82, 2.24) is 19.8 Å². The summed E-state index contributed by atoms with van der Waals surface area (Å²) >= 11 is 0. The first-order valence-electron chi connectivity index (χ1n) is 13.3. The minimum Gasteiger partial charge on any atom is -0.368 e. The Bertz CT molecular complexity index is 1440. The molecule has 1 aromatic heterocycles. The molecule has 3 heterocycles. The first-order chi connectivity index (χ1) is 19.0. The third-order valence-electron chi connectivity index (χ3n) is 7.59. The van der Waals surface area contributed by atoms with E-state index in [0.29, 0.717) is 55.2 Å². The molecule has 0 N–H and O–H groups in total. The molecular formula is C30H32N8O. The number of piperazine rings is 2. The molecule has 5 rings (SSSR count). The van der Waals surface area contributed by atoms with E-state index in [2.05, 4.69) is 26.8 Å². The zero-order chi connectivity index (χ0) is 27.4. The minimum absolute atomic E-state index is 0.0904. The Kier molecular flexibility index (Phi) is 7.72. The topological polar surface area (TPSA) is 103 Å². The zero-order valence-corrected chi connectivity index (χ0v) is 22.5. The van der Waals surface area contributed by atoms with Crippen molar-refractivity contribution in [2.75, 3.05) is 62.2 Å². The summed E-state index contributed by atoms with van der Waals surface area (Å²) in [6.45, 7) is 10.2. The van der Waals surface area contributed by atoms with Crippen molar-refractivity contribution in [2.45, 2.75) is 20.4 Å². The second-order valence-electron chi connectivity index (χ2n) is 9.99. The predicted octanol–water partition coefficient (Wildman–Crippen LogP) is 3.12. The average Bonchev–Trinajstić information content (AvgIpc) is 2.98. The summed E-state index contributed by atoms with van der Waals surface area (Å²) in [7, 11) is 0. The van der Waals surface area contributed by atoms with Crippen LogP contribution in [0.15, 0.2) is 48.5 Å². The largest absolute Gasteiger partial charge is 0.368 e. The number of hydrogen-bond acceptors (Lipinski definition) is 8. The van der Waals surface area contributed by atoms with Gasteiger partial charge in [0, 0.05) is 58.9 Å². The lowest BCUT2D eigenvalue weighted by Crippen LogP contribution is -2.49. The summed E-state index contributed by atoms with van der Waals surface area (Å²) in [6.07, 6.45) is 0. The van der Waals surface area contributed by atoms with Crippen molar-refractivity contribution in [3.05, 3.63) is 82.4 Å². The van der Waals surface area contributed by atoms with Gasteiger partial charge in [0.2, 0.25) is 0 Å². The van der Waals surface area contributed by atoms with Gasteiger partial charge in [0.15, 0.2) is 0 Å². The number of carbonyl (C=O) groups excluding carboxylic acids is 1. The van der Waals surface area contributed by atoms with Gasteiger partial charge in [-0.05, 0) is 38.1 Å². The molecule has 0 spiro atoms. The lowest BCUT2D eigenvalue weighted by atomic mass is 10.1. The van der Waals surface area contributed by atoms with Crippen LogP contribution in [0, 0.1) is 36.5 Å². The van der Waals surface area contributed by atoms with Crippen LogP contribution < -0.4 is 9.80 Å². The molecule has 2 saturated heterocycles. The zero-order valence-electron chi connectivity index (χ0n) is 22.5. The normalized spacial score (nSPS) is 16.1. The van der Waals surface area contributed by atoms with Crippen LogP contribution in [0.3, 0.4) is 0 Å². The van der Waals surface area contributed by atoms with E-state index in [0.717, 1.165) is 48.9 Å². The Morgan fingerprint density at radius 3 is 1.79 bits per heavy atom. The van der Waals surface area contributed by atoms with Gasteiger partial charge in [-0.2, -0.15) is 10.5 Å². The molecule has 0 radical (unpaired) electrons.